The molecule has 102 valence electrons. The first-order valence-electron chi connectivity index (χ1n) is 6.01. The molecular formula is C16H14Cl2N2. The number of aromatic nitrogens is 1. The molecule has 0 spiro atoms. The van der Waals surface area contributed by atoms with E-state index in [2.05, 4.69) is 23.7 Å². The molecule has 1 aromatic heterocycles. The van der Waals surface area contributed by atoms with Gasteiger partial charge in [-0.25, -0.2) is 0 Å². The zero-order chi connectivity index (χ0) is 14.5. The Kier molecular flexibility index (Phi) is 4.72. The molecule has 0 bridgehead atoms. The molecule has 2 aromatic carbocycles. The molecule has 0 fully saturated rings. The zero-order valence-corrected chi connectivity index (χ0v) is 12.2. The highest BCUT2D eigenvalue weighted by molar-refractivity contribution is 6.35. The van der Waals surface area contributed by atoms with Crippen LogP contribution in [-0.4, -0.2) is 4.98 Å². The van der Waals surface area contributed by atoms with Crippen LogP contribution in [0.4, 0.5) is 5.69 Å². The topological polar surface area (TPSA) is 41.8 Å². The van der Waals surface area contributed by atoms with Gasteiger partial charge in [0.1, 0.15) is 0 Å². The second kappa shape index (κ2) is 6.51. The molecule has 0 saturated carbocycles. The third-order valence-corrected chi connectivity index (χ3v) is 3.38. The highest BCUT2D eigenvalue weighted by atomic mass is 35.5. The van der Waals surface area contributed by atoms with Crippen molar-refractivity contribution in [2.75, 3.05) is 5.73 Å². The summed E-state index contributed by atoms with van der Waals surface area (Å²) in [5, 5.41) is 2.39. The van der Waals surface area contributed by atoms with Crippen molar-refractivity contribution in [1.29, 1.82) is 0 Å². The number of benzene rings is 2. The van der Waals surface area contributed by atoms with Gasteiger partial charge in [-0.15, -0.1) is 0 Å². The van der Waals surface area contributed by atoms with Crippen LogP contribution in [0.25, 0.3) is 17.0 Å². The van der Waals surface area contributed by atoms with Gasteiger partial charge in [0.05, 0.1) is 10.7 Å². The van der Waals surface area contributed by atoms with Crippen LogP contribution < -0.4 is 5.73 Å². The van der Waals surface area contributed by atoms with Crippen molar-refractivity contribution >= 4 is 45.9 Å². The van der Waals surface area contributed by atoms with Crippen LogP contribution in [0.5, 0.6) is 0 Å². The minimum absolute atomic E-state index is 0.518. The number of para-hydroxylation sites is 1. The molecule has 0 radical (unpaired) electrons. The van der Waals surface area contributed by atoms with E-state index in [9.17, 15) is 0 Å². The Hall–Kier alpha value is -1.90. The normalized spacial score (nSPS) is 9.90. The Morgan fingerprint density at radius 3 is 2.50 bits per heavy atom. The molecular weight excluding hydrogens is 291 g/mol. The van der Waals surface area contributed by atoms with E-state index in [1.54, 1.807) is 18.2 Å². The first kappa shape index (κ1) is 14.5. The van der Waals surface area contributed by atoms with Crippen molar-refractivity contribution in [2.45, 2.75) is 0 Å². The minimum atomic E-state index is 0.518. The van der Waals surface area contributed by atoms with Crippen LogP contribution in [0.1, 0.15) is 5.56 Å². The van der Waals surface area contributed by atoms with Gasteiger partial charge in [0.2, 0.25) is 0 Å². The summed E-state index contributed by atoms with van der Waals surface area (Å²) in [6.45, 7) is 3.73. The summed E-state index contributed by atoms with van der Waals surface area (Å²) in [5.41, 5.74) is 8.26. The number of nitrogens with two attached hydrogens (primary N) is 1. The van der Waals surface area contributed by atoms with Gasteiger partial charge in [0, 0.05) is 22.1 Å². The molecule has 0 aliphatic rings. The number of aromatic amines is 1. The van der Waals surface area contributed by atoms with Gasteiger partial charge in [0.15, 0.2) is 0 Å². The van der Waals surface area contributed by atoms with Crippen LogP contribution >= 0.6 is 23.2 Å². The van der Waals surface area contributed by atoms with Gasteiger partial charge in [-0.3, -0.25) is 0 Å². The summed E-state index contributed by atoms with van der Waals surface area (Å²) >= 11 is 11.2. The van der Waals surface area contributed by atoms with E-state index in [-0.39, 0.29) is 0 Å². The Balaban J connectivity index is 0.000000151. The second-order valence-corrected chi connectivity index (χ2v) is 5.00. The molecule has 0 aliphatic heterocycles. The van der Waals surface area contributed by atoms with Crippen molar-refractivity contribution in [3.8, 4) is 0 Å². The van der Waals surface area contributed by atoms with Crippen molar-refractivity contribution in [2.24, 2.45) is 0 Å². The highest BCUT2D eigenvalue weighted by Crippen LogP contribution is 2.21. The number of hydrogen-bond acceptors (Lipinski definition) is 1. The van der Waals surface area contributed by atoms with Crippen LogP contribution in [0, 0.1) is 0 Å². The maximum Gasteiger partial charge on any atom is 0.0636 e. The van der Waals surface area contributed by atoms with Gasteiger partial charge >= 0.3 is 0 Å². The van der Waals surface area contributed by atoms with Gasteiger partial charge in [-0.1, -0.05) is 54.1 Å². The number of fused-ring (bicyclic) bond motifs is 1. The van der Waals surface area contributed by atoms with Gasteiger partial charge in [-0.05, 0) is 29.8 Å². The molecule has 3 rings (SSSR count). The maximum atomic E-state index is 5.60. The van der Waals surface area contributed by atoms with Gasteiger partial charge < -0.3 is 10.7 Å². The molecule has 0 atom stereocenters. The number of anilines is 1. The highest BCUT2D eigenvalue weighted by Gasteiger charge is 1.96. The lowest BCUT2D eigenvalue weighted by atomic mass is 10.2. The monoisotopic (exact) mass is 304 g/mol. The molecule has 0 aliphatic carbocycles. The summed E-state index contributed by atoms with van der Waals surface area (Å²) in [6, 6.07) is 13.2. The van der Waals surface area contributed by atoms with Gasteiger partial charge in [0.25, 0.3) is 0 Å². The van der Waals surface area contributed by atoms with E-state index in [0.717, 1.165) is 0 Å². The molecule has 20 heavy (non-hydrogen) atoms. The van der Waals surface area contributed by atoms with Crippen molar-refractivity contribution in [1.82, 2.24) is 4.98 Å². The Morgan fingerprint density at radius 1 is 1.10 bits per heavy atom. The van der Waals surface area contributed by atoms with E-state index >= 15 is 0 Å². The largest absolute Gasteiger partial charge is 0.397 e. The molecule has 2 nitrogen and oxygen atoms in total. The summed E-state index contributed by atoms with van der Waals surface area (Å²) in [4.78, 5) is 3.17. The average molecular weight is 305 g/mol. The van der Waals surface area contributed by atoms with Crippen molar-refractivity contribution in [3.63, 3.8) is 0 Å². The predicted molar refractivity (Wildman–Crippen MR) is 89.3 cm³/mol. The van der Waals surface area contributed by atoms with E-state index in [0.29, 0.717) is 15.7 Å². The lowest BCUT2D eigenvalue weighted by molar-refractivity contribution is 1.47. The fraction of sp³-hybridized carbons (Fsp3) is 0. The zero-order valence-electron chi connectivity index (χ0n) is 10.7. The van der Waals surface area contributed by atoms with Crippen LogP contribution in [-0.2, 0) is 0 Å². The molecule has 3 aromatic rings. The number of H-pyrrole nitrogens is 1. The Morgan fingerprint density at radius 2 is 1.85 bits per heavy atom. The summed E-state index contributed by atoms with van der Waals surface area (Å²) in [6.07, 6.45) is 3.83. The Bertz CT molecular complexity index is 732. The standard InChI is InChI=1S/C10H9N.C6H5Cl2N/c1-2-8-7-11-10-6-4-3-5-9(8)10;7-4-1-2-5(8)6(9)3-4/h2-7,11H,1H2;1-3H,9H2. The Labute approximate surface area is 127 Å². The fourth-order valence-corrected chi connectivity index (χ4v) is 2.08. The first-order valence-corrected chi connectivity index (χ1v) is 6.76. The van der Waals surface area contributed by atoms with Crippen molar-refractivity contribution < 1.29 is 0 Å². The third-order valence-electron chi connectivity index (χ3n) is 2.80. The molecule has 0 amide bonds. The predicted octanol–water partition coefficient (Wildman–Crippen LogP) is 5.39. The third kappa shape index (κ3) is 3.35. The SMILES string of the molecule is C=Cc1c[nH]c2ccccc12.Nc1cc(Cl)ccc1Cl. The fourth-order valence-electron chi connectivity index (χ4n) is 1.78. The number of rotatable bonds is 1. The van der Waals surface area contributed by atoms with E-state index in [4.69, 9.17) is 28.9 Å². The molecule has 0 unspecified atom stereocenters. The number of nitrogen functional groups attached to an aromatic ring is 1. The van der Waals surface area contributed by atoms with Crippen LogP contribution in [0.2, 0.25) is 10.0 Å². The second-order valence-electron chi connectivity index (χ2n) is 4.16. The molecule has 3 N–H and O–H groups in total. The van der Waals surface area contributed by atoms with Crippen molar-refractivity contribution in [3.05, 3.63) is 70.8 Å². The van der Waals surface area contributed by atoms with Crippen LogP contribution in [0.3, 0.4) is 0 Å². The minimum Gasteiger partial charge on any atom is -0.397 e. The lowest BCUT2D eigenvalue weighted by Crippen LogP contribution is -1.83. The molecule has 4 heteroatoms. The molecule has 0 saturated heterocycles. The quantitative estimate of drug-likeness (QED) is 0.582. The summed E-state index contributed by atoms with van der Waals surface area (Å²) in [5.74, 6) is 0. The molecule has 1 heterocycles. The van der Waals surface area contributed by atoms with E-state index in [1.165, 1.54) is 16.5 Å². The number of hydrogen-bond donors (Lipinski definition) is 2. The van der Waals surface area contributed by atoms with E-state index in [1.807, 2.05) is 24.4 Å². The average Bonchev–Trinajstić information content (AvgIpc) is 2.87. The number of halogens is 2. The summed E-state index contributed by atoms with van der Waals surface area (Å²) < 4.78 is 0. The maximum absolute atomic E-state index is 5.60. The number of nitrogens with one attached hydrogen (secondary N) is 1. The van der Waals surface area contributed by atoms with E-state index < -0.39 is 0 Å². The first-order chi connectivity index (χ1) is 9.61. The van der Waals surface area contributed by atoms with Crippen LogP contribution in [0.15, 0.2) is 55.2 Å². The van der Waals surface area contributed by atoms with Gasteiger partial charge in [-0.2, -0.15) is 0 Å². The lowest BCUT2D eigenvalue weighted by Gasteiger charge is -1.95. The smallest absolute Gasteiger partial charge is 0.0636 e. The summed E-state index contributed by atoms with van der Waals surface area (Å²) in [7, 11) is 0.